The highest BCUT2D eigenvalue weighted by molar-refractivity contribution is 5.85. The van der Waals surface area contributed by atoms with E-state index in [0.29, 0.717) is 11.8 Å². The van der Waals surface area contributed by atoms with E-state index in [-0.39, 0.29) is 24.8 Å². The smallest absolute Gasteiger partial charge is 0.115 e. The normalized spacial score (nSPS) is 16.6. The van der Waals surface area contributed by atoms with E-state index in [1.165, 1.54) is 5.56 Å². The fraction of sp³-hybridized carbons (Fsp3) is 0.467. The predicted molar refractivity (Wildman–Crippen MR) is 89.2 cm³/mol. The lowest BCUT2D eigenvalue weighted by Crippen LogP contribution is -2.45. The highest BCUT2D eigenvalue weighted by Crippen LogP contribution is 2.27. The van der Waals surface area contributed by atoms with Crippen molar-refractivity contribution in [1.82, 2.24) is 10.2 Å². The van der Waals surface area contributed by atoms with Crippen LogP contribution in [0.25, 0.3) is 0 Å². The van der Waals surface area contributed by atoms with E-state index in [2.05, 4.69) is 16.8 Å². The molecule has 0 radical (unpaired) electrons. The molecule has 1 saturated heterocycles. The molecule has 1 aliphatic rings. The van der Waals surface area contributed by atoms with Crippen LogP contribution in [0.15, 0.2) is 36.9 Å². The Bertz CT molecular complexity index is 378. The molecule has 0 bridgehead atoms. The summed E-state index contributed by atoms with van der Waals surface area (Å²) in [5, 5.41) is 12.8. The molecule has 0 saturated carbocycles. The summed E-state index contributed by atoms with van der Waals surface area (Å²) < 4.78 is 0. The monoisotopic (exact) mass is 318 g/mol. The van der Waals surface area contributed by atoms with Gasteiger partial charge in [-0.3, -0.25) is 4.90 Å². The summed E-state index contributed by atoms with van der Waals surface area (Å²) in [6, 6.07) is 8.05. The van der Waals surface area contributed by atoms with Gasteiger partial charge in [0.15, 0.2) is 0 Å². The van der Waals surface area contributed by atoms with Crippen molar-refractivity contribution in [2.75, 3.05) is 26.2 Å². The maximum absolute atomic E-state index is 9.39. The zero-order valence-corrected chi connectivity index (χ0v) is 13.3. The number of nitrogens with one attached hydrogen (secondary N) is 1. The minimum absolute atomic E-state index is 0. The second-order valence-corrected chi connectivity index (χ2v) is 4.76. The number of hydrogen-bond acceptors (Lipinski definition) is 3. The SMILES string of the molecule is C=CCC[C@@H](c1ccc(O)cc1)N1CCNCC1.Cl.Cl. The zero-order chi connectivity index (χ0) is 12.8. The van der Waals surface area contributed by atoms with E-state index in [9.17, 15) is 5.11 Å². The molecule has 1 aliphatic heterocycles. The first-order valence-corrected chi connectivity index (χ1v) is 6.66. The summed E-state index contributed by atoms with van der Waals surface area (Å²) in [6.07, 6.45) is 4.10. The zero-order valence-electron chi connectivity index (χ0n) is 11.6. The average Bonchev–Trinajstić information content (AvgIpc) is 2.42. The molecule has 1 aromatic carbocycles. The molecule has 0 aliphatic carbocycles. The number of benzene rings is 1. The second-order valence-electron chi connectivity index (χ2n) is 4.76. The number of phenolic OH excluding ortho intramolecular Hbond substituents is 1. The molecule has 1 fully saturated rings. The number of rotatable bonds is 5. The molecule has 114 valence electrons. The van der Waals surface area contributed by atoms with E-state index in [0.717, 1.165) is 39.0 Å². The Morgan fingerprint density at radius 3 is 2.35 bits per heavy atom. The highest BCUT2D eigenvalue weighted by atomic mass is 35.5. The number of phenols is 1. The van der Waals surface area contributed by atoms with Gasteiger partial charge < -0.3 is 10.4 Å². The molecule has 1 aromatic rings. The van der Waals surface area contributed by atoms with Crippen molar-refractivity contribution in [1.29, 1.82) is 0 Å². The number of nitrogens with zero attached hydrogens (tertiary/aromatic N) is 1. The van der Waals surface area contributed by atoms with E-state index >= 15 is 0 Å². The van der Waals surface area contributed by atoms with Gasteiger partial charge in [0, 0.05) is 32.2 Å². The van der Waals surface area contributed by atoms with Crippen LogP contribution in [0.2, 0.25) is 0 Å². The lowest BCUT2D eigenvalue weighted by molar-refractivity contribution is 0.166. The van der Waals surface area contributed by atoms with Gasteiger partial charge in [0.25, 0.3) is 0 Å². The van der Waals surface area contributed by atoms with Gasteiger partial charge in [-0.25, -0.2) is 0 Å². The van der Waals surface area contributed by atoms with E-state index < -0.39 is 0 Å². The lowest BCUT2D eigenvalue weighted by atomic mass is 9.99. The van der Waals surface area contributed by atoms with Crippen molar-refractivity contribution in [2.24, 2.45) is 0 Å². The van der Waals surface area contributed by atoms with E-state index in [1.54, 1.807) is 12.1 Å². The van der Waals surface area contributed by atoms with Crippen LogP contribution in [0.4, 0.5) is 0 Å². The quantitative estimate of drug-likeness (QED) is 0.819. The Kier molecular flexibility index (Phi) is 9.68. The number of allylic oxidation sites excluding steroid dienone is 1. The van der Waals surface area contributed by atoms with Crippen molar-refractivity contribution in [3.8, 4) is 5.75 Å². The maximum Gasteiger partial charge on any atom is 0.115 e. The van der Waals surface area contributed by atoms with Crippen molar-refractivity contribution in [3.05, 3.63) is 42.5 Å². The van der Waals surface area contributed by atoms with Crippen LogP contribution in [0.5, 0.6) is 5.75 Å². The fourth-order valence-corrected chi connectivity index (χ4v) is 2.53. The number of halogens is 2. The van der Waals surface area contributed by atoms with Crippen LogP contribution < -0.4 is 5.32 Å². The second kappa shape index (κ2) is 10.1. The molecule has 2 N–H and O–H groups in total. The number of piperazine rings is 1. The lowest BCUT2D eigenvalue weighted by Gasteiger charge is -2.35. The van der Waals surface area contributed by atoms with Gasteiger partial charge in [0.2, 0.25) is 0 Å². The van der Waals surface area contributed by atoms with Crippen molar-refractivity contribution in [3.63, 3.8) is 0 Å². The van der Waals surface area contributed by atoms with Crippen LogP contribution in [-0.2, 0) is 0 Å². The molecular formula is C15H24Cl2N2O. The summed E-state index contributed by atoms with van der Waals surface area (Å²) in [5.41, 5.74) is 1.29. The highest BCUT2D eigenvalue weighted by Gasteiger charge is 2.21. The van der Waals surface area contributed by atoms with E-state index in [1.807, 2.05) is 18.2 Å². The molecule has 1 atom stereocenters. The Morgan fingerprint density at radius 1 is 1.20 bits per heavy atom. The topological polar surface area (TPSA) is 35.5 Å². The van der Waals surface area contributed by atoms with Crippen molar-refractivity contribution < 1.29 is 5.11 Å². The summed E-state index contributed by atoms with van der Waals surface area (Å²) in [6.45, 7) is 8.10. The molecule has 0 aromatic heterocycles. The largest absolute Gasteiger partial charge is 0.508 e. The van der Waals surface area contributed by atoms with E-state index in [4.69, 9.17) is 0 Å². The summed E-state index contributed by atoms with van der Waals surface area (Å²) in [4.78, 5) is 2.52. The van der Waals surface area contributed by atoms with Gasteiger partial charge in [-0.2, -0.15) is 0 Å². The van der Waals surface area contributed by atoms with Crippen molar-refractivity contribution >= 4 is 24.8 Å². The van der Waals surface area contributed by atoms with Crippen LogP contribution in [-0.4, -0.2) is 36.2 Å². The van der Waals surface area contributed by atoms with Gasteiger partial charge in [-0.15, -0.1) is 31.4 Å². The first kappa shape index (κ1) is 19.3. The van der Waals surface area contributed by atoms with Crippen LogP contribution in [0.3, 0.4) is 0 Å². The molecule has 2 rings (SSSR count). The molecule has 0 amide bonds. The molecule has 0 unspecified atom stereocenters. The third-order valence-electron chi connectivity index (χ3n) is 3.51. The van der Waals surface area contributed by atoms with Crippen LogP contribution in [0, 0.1) is 0 Å². The third kappa shape index (κ3) is 5.33. The molecule has 20 heavy (non-hydrogen) atoms. The first-order valence-electron chi connectivity index (χ1n) is 6.66. The van der Waals surface area contributed by atoms with Gasteiger partial charge in [0.05, 0.1) is 0 Å². The standard InChI is InChI=1S/C15H22N2O.2ClH/c1-2-3-4-15(17-11-9-16-10-12-17)13-5-7-14(18)8-6-13;;/h2,5-8,15-16,18H,1,3-4,9-12H2;2*1H/t15-;;/m0../s1. The fourth-order valence-electron chi connectivity index (χ4n) is 2.53. The number of hydrogen-bond donors (Lipinski definition) is 2. The molecular weight excluding hydrogens is 295 g/mol. The Morgan fingerprint density at radius 2 is 1.80 bits per heavy atom. The van der Waals surface area contributed by atoms with Crippen LogP contribution in [0.1, 0.15) is 24.4 Å². The summed E-state index contributed by atoms with van der Waals surface area (Å²) in [7, 11) is 0. The number of aromatic hydroxyl groups is 1. The molecule has 3 nitrogen and oxygen atoms in total. The Balaban J connectivity index is 0.00000180. The summed E-state index contributed by atoms with van der Waals surface area (Å²) in [5.74, 6) is 0.335. The average molecular weight is 319 g/mol. The summed E-state index contributed by atoms with van der Waals surface area (Å²) >= 11 is 0. The first-order chi connectivity index (χ1) is 8.81. The van der Waals surface area contributed by atoms with Gasteiger partial charge in [-0.1, -0.05) is 18.2 Å². The Hall–Kier alpha value is -0.740. The molecule has 0 spiro atoms. The van der Waals surface area contributed by atoms with Gasteiger partial charge >= 0.3 is 0 Å². The van der Waals surface area contributed by atoms with Gasteiger partial charge in [0.1, 0.15) is 5.75 Å². The minimum Gasteiger partial charge on any atom is -0.508 e. The van der Waals surface area contributed by atoms with Crippen molar-refractivity contribution in [2.45, 2.75) is 18.9 Å². The van der Waals surface area contributed by atoms with Crippen LogP contribution >= 0.6 is 24.8 Å². The molecule has 5 heteroatoms. The third-order valence-corrected chi connectivity index (χ3v) is 3.51. The Labute approximate surface area is 133 Å². The minimum atomic E-state index is 0. The van der Waals surface area contributed by atoms with Gasteiger partial charge in [-0.05, 0) is 30.5 Å². The predicted octanol–water partition coefficient (Wildman–Crippen LogP) is 3.15. The molecule has 1 heterocycles. The maximum atomic E-state index is 9.39.